The Morgan fingerprint density at radius 1 is 1.25 bits per heavy atom. The maximum absolute atomic E-state index is 12.6. The molecule has 2 N–H and O–H groups in total. The Balaban J connectivity index is 1.45. The van der Waals surface area contributed by atoms with Crippen LogP contribution in [0.4, 0.5) is 0 Å². The van der Waals surface area contributed by atoms with E-state index in [1.807, 2.05) is 18.3 Å². The largest absolute Gasteiger partial charge is 0.360 e. The van der Waals surface area contributed by atoms with Crippen molar-refractivity contribution in [1.29, 1.82) is 0 Å². The summed E-state index contributed by atoms with van der Waals surface area (Å²) in [6.07, 6.45) is 10.9. The van der Waals surface area contributed by atoms with Crippen molar-refractivity contribution < 1.29 is 4.79 Å². The molecule has 1 heterocycles. The van der Waals surface area contributed by atoms with Gasteiger partial charge in [-0.25, -0.2) is 5.43 Å². The van der Waals surface area contributed by atoms with E-state index < -0.39 is 0 Å². The molecule has 4 fully saturated rings. The summed E-state index contributed by atoms with van der Waals surface area (Å²) in [7, 11) is 0. The van der Waals surface area contributed by atoms with Gasteiger partial charge >= 0.3 is 0 Å². The Labute approximate surface area is 119 Å². The number of aromatic amines is 1. The molecule has 4 nitrogen and oxygen atoms in total. The lowest BCUT2D eigenvalue weighted by atomic mass is 9.49. The Morgan fingerprint density at radius 2 is 1.90 bits per heavy atom. The van der Waals surface area contributed by atoms with E-state index in [0.717, 1.165) is 42.7 Å². The molecule has 106 valence electrons. The SMILES string of the molecule is O=C(N/N=C/c1ccc[nH]1)C12CC3CC(CC(C3)C1)C2. The number of aromatic nitrogens is 1. The molecule has 4 aliphatic carbocycles. The number of hydrazone groups is 1. The Hall–Kier alpha value is -1.58. The van der Waals surface area contributed by atoms with Gasteiger partial charge < -0.3 is 4.98 Å². The van der Waals surface area contributed by atoms with Gasteiger partial charge in [0.25, 0.3) is 0 Å². The topological polar surface area (TPSA) is 57.2 Å². The van der Waals surface area contributed by atoms with Crippen LogP contribution in [0.3, 0.4) is 0 Å². The lowest BCUT2D eigenvalue weighted by Gasteiger charge is -2.55. The number of hydrogen-bond acceptors (Lipinski definition) is 2. The summed E-state index contributed by atoms with van der Waals surface area (Å²) in [5.74, 6) is 2.53. The molecule has 4 saturated carbocycles. The van der Waals surface area contributed by atoms with Crippen LogP contribution in [0.2, 0.25) is 0 Å². The highest BCUT2D eigenvalue weighted by molar-refractivity contribution is 5.85. The molecule has 4 bridgehead atoms. The van der Waals surface area contributed by atoms with Crippen molar-refractivity contribution in [1.82, 2.24) is 10.4 Å². The number of carbonyl (C=O) groups is 1. The van der Waals surface area contributed by atoms with Gasteiger partial charge in [0.1, 0.15) is 0 Å². The summed E-state index contributed by atoms with van der Waals surface area (Å²) in [4.78, 5) is 15.6. The monoisotopic (exact) mass is 271 g/mol. The molecule has 0 aliphatic heterocycles. The lowest BCUT2D eigenvalue weighted by Crippen LogP contribution is -2.52. The van der Waals surface area contributed by atoms with Crippen LogP contribution in [0.1, 0.15) is 44.2 Å². The minimum Gasteiger partial charge on any atom is -0.360 e. The molecule has 1 aromatic rings. The maximum atomic E-state index is 12.6. The zero-order valence-electron chi connectivity index (χ0n) is 11.6. The molecule has 1 aromatic heterocycles. The van der Waals surface area contributed by atoms with E-state index in [9.17, 15) is 4.79 Å². The van der Waals surface area contributed by atoms with Gasteiger partial charge in [0, 0.05) is 6.20 Å². The molecule has 0 radical (unpaired) electrons. The van der Waals surface area contributed by atoms with Crippen molar-refractivity contribution in [2.45, 2.75) is 38.5 Å². The molecule has 0 unspecified atom stereocenters. The number of H-pyrrole nitrogens is 1. The van der Waals surface area contributed by atoms with Gasteiger partial charge in [-0.15, -0.1) is 0 Å². The van der Waals surface area contributed by atoms with Gasteiger partial charge in [0.05, 0.1) is 17.3 Å². The molecule has 1 amide bonds. The lowest BCUT2D eigenvalue weighted by molar-refractivity contribution is -0.146. The highest BCUT2D eigenvalue weighted by Gasteiger charge is 2.54. The van der Waals surface area contributed by atoms with Crippen molar-refractivity contribution in [2.24, 2.45) is 28.3 Å². The molecule has 0 spiro atoms. The van der Waals surface area contributed by atoms with Crippen LogP contribution in [0.25, 0.3) is 0 Å². The van der Waals surface area contributed by atoms with E-state index in [4.69, 9.17) is 0 Å². The number of carbonyl (C=O) groups excluding carboxylic acids is 1. The second-order valence-electron chi connectivity index (χ2n) is 7.02. The Bertz CT molecular complexity index is 497. The standard InChI is InChI=1S/C16H21N3O/c20-15(19-18-10-14-2-1-3-17-14)16-7-11-4-12(8-16)6-13(5-11)9-16/h1-3,10-13,17H,4-9H2,(H,19,20)/b18-10+. The molecule has 0 aromatic carbocycles. The zero-order chi connectivity index (χ0) is 13.6. The van der Waals surface area contributed by atoms with Gasteiger partial charge in [-0.2, -0.15) is 5.10 Å². The van der Waals surface area contributed by atoms with Gasteiger partial charge in [0.2, 0.25) is 5.91 Å². The first-order valence-electron chi connectivity index (χ1n) is 7.70. The third kappa shape index (κ3) is 1.98. The molecule has 5 rings (SSSR count). The predicted octanol–water partition coefficient (Wildman–Crippen LogP) is 2.68. The van der Waals surface area contributed by atoms with E-state index in [-0.39, 0.29) is 11.3 Å². The van der Waals surface area contributed by atoms with Crippen LogP contribution >= 0.6 is 0 Å². The summed E-state index contributed by atoms with van der Waals surface area (Å²) < 4.78 is 0. The summed E-state index contributed by atoms with van der Waals surface area (Å²) in [5, 5.41) is 4.12. The molecule has 4 heteroatoms. The van der Waals surface area contributed by atoms with Crippen molar-refractivity contribution >= 4 is 12.1 Å². The molecule has 0 atom stereocenters. The van der Waals surface area contributed by atoms with Gasteiger partial charge in [-0.05, 0) is 68.4 Å². The second-order valence-corrected chi connectivity index (χ2v) is 7.02. The third-order valence-electron chi connectivity index (χ3n) is 5.51. The average molecular weight is 271 g/mol. The fraction of sp³-hybridized carbons (Fsp3) is 0.625. The van der Waals surface area contributed by atoms with Crippen LogP contribution in [0.15, 0.2) is 23.4 Å². The van der Waals surface area contributed by atoms with E-state index in [2.05, 4.69) is 15.5 Å². The minimum absolute atomic E-state index is 0.109. The van der Waals surface area contributed by atoms with E-state index in [1.54, 1.807) is 6.21 Å². The van der Waals surface area contributed by atoms with Crippen molar-refractivity contribution in [3.05, 3.63) is 24.0 Å². The van der Waals surface area contributed by atoms with E-state index in [0.29, 0.717) is 0 Å². The van der Waals surface area contributed by atoms with Crippen LogP contribution in [0, 0.1) is 23.2 Å². The fourth-order valence-corrected chi connectivity index (χ4v) is 5.09. The molecule has 20 heavy (non-hydrogen) atoms. The van der Waals surface area contributed by atoms with Gasteiger partial charge in [0.15, 0.2) is 0 Å². The number of hydrogen-bond donors (Lipinski definition) is 2. The van der Waals surface area contributed by atoms with E-state index >= 15 is 0 Å². The average Bonchev–Trinajstić information content (AvgIpc) is 2.90. The van der Waals surface area contributed by atoms with Crippen molar-refractivity contribution in [2.75, 3.05) is 0 Å². The highest BCUT2D eigenvalue weighted by Crippen LogP contribution is 2.60. The summed E-state index contributed by atoms with van der Waals surface area (Å²) >= 11 is 0. The van der Waals surface area contributed by atoms with Crippen LogP contribution < -0.4 is 5.43 Å². The fourth-order valence-electron chi connectivity index (χ4n) is 5.09. The highest BCUT2D eigenvalue weighted by atomic mass is 16.2. The smallest absolute Gasteiger partial charge is 0.246 e. The number of rotatable bonds is 3. The van der Waals surface area contributed by atoms with Gasteiger partial charge in [-0.3, -0.25) is 4.79 Å². The van der Waals surface area contributed by atoms with Crippen molar-refractivity contribution in [3.63, 3.8) is 0 Å². The second kappa shape index (κ2) is 4.47. The first kappa shape index (κ1) is 12.2. The molecular weight excluding hydrogens is 250 g/mol. The van der Waals surface area contributed by atoms with Gasteiger partial charge in [-0.1, -0.05) is 0 Å². The maximum Gasteiger partial charge on any atom is 0.246 e. The normalized spacial score (nSPS) is 38.5. The molecule has 0 saturated heterocycles. The van der Waals surface area contributed by atoms with Crippen LogP contribution in [0.5, 0.6) is 0 Å². The zero-order valence-corrected chi connectivity index (χ0v) is 11.6. The number of amides is 1. The summed E-state index contributed by atoms with van der Waals surface area (Å²) in [6, 6.07) is 3.85. The number of nitrogens with zero attached hydrogens (tertiary/aromatic N) is 1. The first-order chi connectivity index (χ1) is 9.73. The van der Waals surface area contributed by atoms with Crippen LogP contribution in [-0.2, 0) is 4.79 Å². The molecular formula is C16H21N3O. The third-order valence-corrected chi connectivity index (χ3v) is 5.51. The minimum atomic E-state index is -0.109. The Kier molecular flexibility index (Phi) is 2.72. The summed E-state index contributed by atoms with van der Waals surface area (Å²) in [5.41, 5.74) is 3.59. The van der Waals surface area contributed by atoms with Crippen molar-refractivity contribution in [3.8, 4) is 0 Å². The molecule has 4 aliphatic rings. The quantitative estimate of drug-likeness (QED) is 0.644. The van der Waals surface area contributed by atoms with Crippen LogP contribution in [-0.4, -0.2) is 17.1 Å². The predicted molar refractivity (Wildman–Crippen MR) is 77.1 cm³/mol. The van der Waals surface area contributed by atoms with E-state index in [1.165, 1.54) is 19.3 Å². The first-order valence-corrected chi connectivity index (χ1v) is 7.70. The summed E-state index contributed by atoms with van der Waals surface area (Å²) in [6.45, 7) is 0. The Morgan fingerprint density at radius 3 is 2.45 bits per heavy atom. The number of nitrogens with one attached hydrogen (secondary N) is 2.